The molecular formula is C19H30IN5O. The molecule has 0 amide bonds. The third kappa shape index (κ3) is 7.23. The molecule has 0 saturated heterocycles. The zero-order valence-corrected chi connectivity index (χ0v) is 18.4. The number of aryl methyl sites for hydroxylation is 1. The second-order valence-electron chi connectivity index (χ2n) is 6.17. The van der Waals surface area contributed by atoms with Crippen LogP contribution in [0.15, 0.2) is 41.7 Å². The van der Waals surface area contributed by atoms with E-state index in [1.165, 1.54) is 11.1 Å². The minimum atomic E-state index is 0. The fourth-order valence-electron chi connectivity index (χ4n) is 2.60. The van der Waals surface area contributed by atoms with Crippen molar-refractivity contribution in [3.63, 3.8) is 0 Å². The predicted molar refractivity (Wildman–Crippen MR) is 118 cm³/mol. The van der Waals surface area contributed by atoms with Gasteiger partial charge in [-0.3, -0.25) is 9.67 Å². The lowest BCUT2D eigenvalue weighted by atomic mass is 9.98. The van der Waals surface area contributed by atoms with Gasteiger partial charge in [-0.1, -0.05) is 19.1 Å². The van der Waals surface area contributed by atoms with Gasteiger partial charge in [0.15, 0.2) is 5.96 Å². The summed E-state index contributed by atoms with van der Waals surface area (Å²) < 4.78 is 7.14. The number of ether oxygens (including phenoxy) is 1. The molecule has 2 aromatic rings. The summed E-state index contributed by atoms with van der Waals surface area (Å²) in [6.07, 6.45) is 4.94. The Kier molecular flexibility index (Phi) is 10.1. The SMILES string of the molecule is CN=C(NCCC(C)c1ccc(OC)cc1)NCCn1cc(C)cn1.I. The van der Waals surface area contributed by atoms with E-state index in [2.05, 4.69) is 39.8 Å². The second-order valence-corrected chi connectivity index (χ2v) is 6.17. The van der Waals surface area contributed by atoms with Crippen molar-refractivity contribution in [2.24, 2.45) is 4.99 Å². The van der Waals surface area contributed by atoms with E-state index in [1.807, 2.05) is 36.1 Å². The number of nitrogens with one attached hydrogen (secondary N) is 2. The molecule has 0 saturated carbocycles. The molecule has 2 N–H and O–H groups in total. The molecule has 0 radical (unpaired) electrons. The summed E-state index contributed by atoms with van der Waals surface area (Å²) in [4.78, 5) is 4.26. The lowest BCUT2D eigenvalue weighted by molar-refractivity contribution is 0.414. The number of halogens is 1. The first-order valence-electron chi connectivity index (χ1n) is 8.70. The Hall–Kier alpha value is -1.77. The number of guanidine groups is 1. The molecule has 0 aliphatic rings. The molecule has 0 aliphatic carbocycles. The summed E-state index contributed by atoms with van der Waals surface area (Å²) in [5, 5.41) is 11.0. The quantitative estimate of drug-likeness (QED) is 0.353. The summed E-state index contributed by atoms with van der Waals surface area (Å²) in [6.45, 7) is 6.75. The molecule has 0 aliphatic heterocycles. The number of benzene rings is 1. The van der Waals surface area contributed by atoms with E-state index in [4.69, 9.17) is 4.74 Å². The molecule has 1 heterocycles. The van der Waals surface area contributed by atoms with Crippen LogP contribution in [0.4, 0.5) is 0 Å². The molecule has 1 aromatic heterocycles. The zero-order chi connectivity index (χ0) is 18.1. The first-order chi connectivity index (χ1) is 12.1. The molecule has 26 heavy (non-hydrogen) atoms. The summed E-state index contributed by atoms with van der Waals surface area (Å²) in [7, 11) is 3.48. The molecular weight excluding hydrogens is 441 g/mol. The molecule has 7 heteroatoms. The summed E-state index contributed by atoms with van der Waals surface area (Å²) in [5.74, 6) is 2.19. The van der Waals surface area contributed by atoms with Gasteiger partial charge in [0.05, 0.1) is 19.9 Å². The topological polar surface area (TPSA) is 63.5 Å². The number of aromatic nitrogens is 2. The maximum Gasteiger partial charge on any atom is 0.191 e. The van der Waals surface area contributed by atoms with Gasteiger partial charge >= 0.3 is 0 Å². The maximum absolute atomic E-state index is 5.20. The van der Waals surface area contributed by atoms with Crippen LogP contribution in [0, 0.1) is 6.92 Å². The Morgan fingerprint density at radius 2 is 1.92 bits per heavy atom. The third-order valence-corrected chi connectivity index (χ3v) is 4.17. The van der Waals surface area contributed by atoms with Crippen LogP contribution in [0.3, 0.4) is 0 Å². The van der Waals surface area contributed by atoms with Crippen molar-refractivity contribution in [3.05, 3.63) is 47.8 Å². The van der Waals surface area contributed by atoms with Gasteiger partial charge < -0.3 is 15.4 Å². The lowest BCUT2D eigenvalue weighted by Gasteiger charge is -2.15. The van der Waals surface area contributed by atoms with Crippen LogP contribution in [-0.4, -0.2) is 43.0 Å². The van der Waals surface area contributed by atoms with Crippen LogP contribution < -0.4 is 15.4 Å². The summed E-state index contributed by atoms with van der Waals surface area (Å²) >= 11 is 0. The van der Waals surface area contributed by atoms with E-state index in [-0.39, 0.29) is 24.0 Å². The van der Waals surface area contributed by atoms with Crippen molar-refractivity contribution in [3.8, 4) is 5.75 Å². The smallest absolute Gasteiger partial charge is 0.191 e. The van der Waals surface area contributed by atoms with Crippen molar-refractivity contribution in [1.29, 1.82) is 0 Å². The van der Waals surface area contributed by atoms with Crippen molar-refractivity contribution < 1.29 is 4.74 Å². The maximum atomic E-state index is 5.20. The Morgan fingerprint density at radius 1 is 1.23 bits per heavy atom. The Balaban J connectivity index is 0.00000338. The fourth-order valence-corrected chi connectivity index (χ4v) is 2.60. The molecule has 2 rings (SSSR count). The first-order valence-corrected chi connectivity index (χ1v) is 8.70. The first kappa shape index (κ1) is 22.3. The largest absolute Gasteiger partial charge is 0.497 e. The van der Waals surface area contributed by atoms with Crippen LogP contribution >= 0.6 is 24.0 Å². The highest BCUT2D eigenvalue weighted by Gasteiger charge is 2.06. The van der Waals surface area contributed by atoms with Crippen molar-refractivity contribution in [1.82, 2.24) is 20.4 Å². The van der Waals surface area contributed by atoms with E-state index >= 15 is 0 Å². The van der Waals surface area contributed by atoms with E-state index in [9.17, 15) is 0 Å². The Labute approximate surface area is 173 Å². The minimum absolute atomic E-state index is 0. The number of rotatable bonds is 8. The Morgan fingerprint density at radius 3 is 2.50 bits per heavy atom. The molecule has 1 unspecified atom stereocenters. The van der Waals surface area contributed by atoms with Gasteiger partial charge in [0, 0.05) is 26.3 Å². The second kappa shape index (κ2) is 11.8. The monoisotopic (exact) mass is 471 g/mol. The third-order valence-electron chi connectivity index (χ3n) is 4.17. The van der Waals surface area contributed by atoms with Gasteiger partial charge in [-0.2, -0.15) is 5.10 Å². The fraction of sp³-hybridized carbons (Fsp3) is 0.474. The minimum Gasteiger partial charge on any atom is -0.497 e. The van der Waals surface area contributed by atoms with E-state index < -0.39 is 0 Å². The van der Waals surface area contributed by atoms with Crippen molar-refractivity contribution in [2.75, 3.05) is 27.2 Å². The predicted octanol–water partition coefficient (Wildman–Crippen LogP) is 3.18. The zero-order valence-electron chi connectivity index (χ0n) is 16.0. The van der Waals surface area contributed by atoms with Crippen LogP contribution in [0.5, 0.6) is 5.75 Å². The highest BCUT2D eigenvalue weighted by atomic mass is 127. The number of nitrogens with zero attached hydrogens (tertiary/aromatic N) is 3. The average molecular weight is 471 g/mol. The number of hydrogen-bond acceptors (Lipinski definition) is 3. The standard InChI is InChI=1S/C19H29N5O.HI/c1-15-13-23-24(14-15)12-11-22-19(20-3)21-10-9-16(2)17-5-7-18(25-4)8-6-17;/h5-8,13-14,16H,9-12H2,1-4H3,(H2,20,21,22);1H. The van der Waals surface area contributed by atoms with Crippen LogP contribution in [0.2, 0.25) is 0 Å². The molecule has 0 bridgehead atoms. The average Bonchev–Trinajstić information content (AvgIpc) is 3.05. The highest BCUT2D eigenvalue weighted by Crippen LogP contribution is 2.21. The van der Waals surface area contributed by atoms with Gasteiger partial charge in [-0.05, 0) is 42.5 Å². The van der Waals surface area contributed by atoms with Gasteiger partial charge in [0.2, 0.25) is 0 Å². The Bertz CT molecular complexity index is 669. The van der Waals surface area contributed by atoms with E-state index in [1.54, 1.807) is 14.2 Å². The van der Waals surface area contributed by atoms with Crippen LogP contribution in [-0.2, 0) is 6.54 Å². The molecule has 1 atom stereocenters. The van der Waals surface area contributed by atoms with E-state index in [0.717, 1.165) is 37.8 Å². The number of methoxy groups -OCH3 is 1. The summed E-state index contributed by atoms with van der Waals surface area (Å²) in [6, 6.07) is 8.28. The normalized spacial score (nSPS) is 12.2. The molecule has 0 spiro atoms. The van der Waals surface area contributed by atoms with Gasteiger partial charge in [0.1, 0.15) is 5.75 Å². The van der Waals surface area contributed by atoms with Gasteiger partial charge in [-0.15, -0.1) is 24.0 Å². The van der Waals surface area contributed by atoms with Gasteiger partial charge in [-0.25, -0.2) is 0 Å². The van der Waals surface area contributed by atoms with Crippen LogP contribution in [0.1, 0.15) is 30.4 Å². The molecule has 6 nitrogen and oxygen atoms in total. The lowest BCUT2D eigenvalue weighted by Crippen LogP contribution is -2.39. The van der Waals surface area contributed by atoms with Crippen molar-refractivity contribution >= 4 is 29.9 Å². The van der Waals surface area contributed by atoms with Crippen molar-refractivity contribution in [2.45, 2.75) is 32.7 Å². The summed E-state index contributed by atoms with van der Waals surface area (Å²) in [5.41, 5.74) is 2.50. The van der Waals surface area contributed by atoms with Gasteiger partial charge in [0.25, 0.3) is 0 Å². The van der Waals surface area contributed by atoms with Crippen LogP contribution in [0.25, 0.3) is 0 Å². The molecule has 144 valence electrons. The molecule has 0 fully saturated rings. The number of hydrogen-bond donors (Lipinski definition) is 2. The van der Waals surface area contributed by atoms with E-state index in [0.29, 0.717) is 5.92 Å². The highest BCUT2D eigenvalue weighted by molar-refractivity contribution is 14.0. The number of aliphatic imine (C=N–C) groups is 1. The molecule has 1 aromatic carbocycles.